The van der Waals surface area contributed by atoms with Crippen LogP contribution < -0.4 is 10.6 Å². The van der Waals surface area contributed by atoms with Crippen LogP contribution in [0.15, 0.2) is 48.5 Å². The van der Waals surface area contributed by atoms with E-state index in [4.69, 9.17) is 11.6 Å². The van der Waals surface area contributed by atoms with Gasteiger partial charge in [0, 0.05) is 23.7 Å². The van der Waals surface area contributed by atoms with E-state index in [1.54, 1.807) is 18.2 Å². The Balaban J connectivity index is 1.89. The third kappa shape index (κ3) is 6.07. The molecule has 8 heteroatoms. The highest BCUT2D eigenvalue weighted by atomic mass is 35.5. The monoisotopic (exact) mass is 384 g/mol. The Kier molecular flexibility index (Phi) is 6.63. The number of carbonyl (C=O) groups is 2. The number of amides is 2. The number of anilines is 1. The molecule has 4 nitrogen and oxygen atoms in total. The first-order chi connectivity index (χ1) is 12.3. The van der Waals surface area contributed by atoms with Crippen molar-refractivity contribution in [3.05, 3.63) is 64.7 Å². The summed E-state index contributed by atoms with van der Waals surface area (Å²) in [7, 11) is 0. The van der Waals surface area contributed by atoms with Crippen molar-refractivity contribution in [2.45, 2.75) is 25.6 Å². The van der Waals surface area contributed by atoms with Crippen LogP contribution in [-0.2, 0) is 22.6 Å². The standard InChI is InChI=1S/C18H16ClF3N2O2/c19-14-8-5-12(6-9-14)7-10-16(25)23-11-13-3-1-2-4-15(13)24-17(26)18(20,21)22/h1-6,8-9H,7,10-11H2,(H,23,25)(H,24,26). The van der Waals surface area contributed by atoms with Crippen LogP contribution in [-0.4, -0.2) is 18.0 Å². The van der Waals surface area contributed by atoms with E-state index in [2.05, 4.69) is 5.32 Å². The van der Waals surface area contributed by atoms with Crippen molar-refractivity contribution in [1.82, 2.24) is 5.32 Å². The lowest BCUT2D eigenvalue weighted by atomic mass is 10.1. The van der Waals surface area contributed by atoms with Gasteiger partial charge in [0.15, 0.2) is 0 Å². The maximum Gasteiger partial charge on any atom is 0.471 e. The van der Waals surface area contributed by atoms with Crippen molar-refractivity contribution < 1.29 is 22.8 Å². The summed E-state index contributed by atoms with van der Waals surface area (Å²) in [6.45, 7) is 0.00770. The predicted octanol–water partition coefficient (Wildman–Crippen LogP) is 4.09. The average molecular weight is 385 g/mol. The van der Waals surface area contributed by atoms with Crippen molar-refractivity contribution in [3.63, 3.8) is 0 Å². The van der Waals surface area contributed by atoms with E-state index < -0.39 is 12.1 Å². The van der Waals surface area contributed by atoms with Crippen LogP contribution in [0.3, 0.4) is 0 Å². The van der Waals surface area contributed by atoms with Gasteiger partial charge in [0.05, 0.1) is 0 Å². The molecule has 0 aromatic heterocycles. The third-order valence-corrected chi connectivity index (χ3v) is 3.81. The van der Waals surface area contributed by atoms with E-state index in [-0.39, 0.29) is 24.6 Å². The van der Waals surface area contributed by atoms with Gasteiger partial charge in [-0.25, -0.2) is 0 Å². The molecule has 26 heavy (non-hydrogen) atoms. The Hall–Kier alpha value is -2.54. The summed E-state index contributed by atoms with van der Waals surface area (Å²) >= 11 is 5.79. The minimum absolute atomic E-state index is 0.00725. The van der Waals surface area contributed by atoms with Gasteiger partial charge < -0.3 is 10.6 Å². The molecule has 0 spiro atoms. The molecule has 0 aliphatic heterocycles. The van der Waals surface area contributed by atoms with Gasteiger partial charge in [0.25, 0.3) is 0 Å². The molecule has 0 heterocycles. The van der Waals surface area contributed by atoms with E-state index in [0.717, 1.165) is 5.56 Å². The fourth-order valence-corrected chi connectivity index (χ4v) is 2.31. The highest BCUT2D eigenvalue weighted by molar-refractivity contribution is 6.30. The number of nitrogens with one attached hydrogen (secondary N) is 2. The Morgan fingerprint density at radius 1 is 1.00 bits per heavy atom. The summed E-state index contributed by atoms with van der Waals surface area (Å²) in [5, 5.41) is 5.05. The molecule has 0 radical (unpaired) electrons. The number of alkyl halides is 3. The van der Waals surface area contributed by atoms with Crippen molar-refractivity contribution in [3.8, 4) is 0 Å². The molecule has 2 aromatic carbocycles. The van der Waals surface area contributed by atoms with E-state index >= 15 is 0 Å². The number of para-hydroxylation sites is 1. The van der Waals surface area contributed by atoms with E-state index in [1.165, 1.54) is 18.2 Å². The summed E-state index contributed by atoms with van der Waals surface area (Å²) in [6.07, 6.45) is -4.25. The number of hydrogen-bond acceptors (Lipinski definition) is 2. The van der Waals surface area contributed by atoms with Crippen LogP contribution in [0.1, 0.15) is 17.5 Å². The molecule has 0 aliphatic rings. The molecule has 2 amide bonds. The fraction of sp³-hybridized carbons (Fsp3) is 0.222. The maximum atomic E-state index is 12.4. The summed E-state index contributed by atoms with van der Waals surface area (Å²) < 4.78 is 37.1. The van der Waals surface area contributed by atoms with Crippen LogP contribution >= 0.6 is 11.6 Å². The fourth-order valence-electron chi connectivity index (χ4n) is 2.18. The van der Waals surface area contributed by atoms with Gasteiger partial charge in [-0.05, 0) is 35.7 Å². The maximum absolute atomic E-state index is 12.4. The van der Waals surface area contributed by atoms with Gasteiger partial charge in [-0.2, -0.15) is 13.2 Å². The molecule has 0 unspecified atom stereocenters. The second-order valence-corrected chi connectivity index (χ2v) is 5.95. The van der Waals surface area contributed by atoms with Crippen LogP contribution in [0.25, 0.3) is 0 Å². The minimum Gasteiger partial charge on any atom is -0.352 e. The molecular weight excluding hydrogens is 369 g/mol. The Morgan fingerprint density at radius 2 is 1.65 bits per heavy atom. The van der Waals surface area contributed by atoms with Crippen molar-refractivity contribution in [1.29, 1.82) is 0 Å². The number of benzene rings is 2. The van der Waals surface area contributed by atoms with Gasteiger partial charge >= 0.3 is 12.1 Å². The average Bonchev–Trinajstić information content (AvgIpc) is 2.59. The first-order valence-electron chi connectivity index (χ1n) is 7.73. The lowest BCUT2D eigenvalue weighted by Crippen LogP contribution is -2.31. The van der Waals surface area contributed by atoms with Crippen LogP contribution in [0.4, 0.5) is 18.9 Å². The van der Waals surface area contributed by atoms with Gasteiger partial charge in [0.1, 0.15) is 0 Å². The van der Waals surface area contributed by atoms with Crippen molar-refractivity contribution in [2.24, 2.45) is 0 Å². The minimum atomic E-state index is -4.98. The lowest BCUT2D eigenvalue weighted by Gasteiger charge is -2.13. The Labute approximate surface area is 153 Å². The number of rotatable bonds is 6. The molecule has 0 aliphatic carbocycles. The first-order valence-corrected chi connectivity index (χ1v) is 8.11. The third-order valence-electron chi connectivity index (χ3n) is 3.55. The molecule has 0 atom stereocenters. The summed E-state index contributed by atoms with van der Waals surface area (Å²) in [6, 6.07) is 13.1. The van der Waals surface area contributed by atoms with Crippen LogP contribution in [0.5, 0.6) is 0 Å². The van der Waals surface area contributed by atoms with Crippen molar-refractivity contribution in [2.75, 3.05) is 5.32 Å². The number of aryl methyl sites for hydroxylation is 1. The normalized spacial score (nSPS) is 11.1. The molecule has 0 saturated heterocycles. The van der Waals surface area contributed by atoms with E-state index in [9.17, 15) is 22.8 Å². The number of halogens is 4. The van der Waals surface area contributed by atoms with Gasteiger partial charge in [-0.3, -0.25) is 9.59 Å². The predicted molar refractivity (Wildman–Crippen MR) is 92.7 cm³/mol. The smallest absolute Gasteiger partial charge is 0.352 e. The Morgan fingerprint density at radius 3 is 2.31 bits per heavy atom. The van der Waals surface area contributed by atoms with E-state index in [0.29, 0.717) is 17.0 Å². The zero-order chi connectivity index (χ0) is 19.2. The quantitative estimate of drug-likeness (QED) is 0.788. The lowest BCUT2D eigenvalue weighted by molar-refractivity contribution is -0.167. The molecule has 138 valence electrons. The highest BCUT2D eigenvalue weighted by Crippen LogP contribution is 2.21. The molecular formula is C18H16ClF3N2O2. The Bertz CT molecular complexity index is 777. The van der Waals surface area contributed by atoms with Crippen LogP contribution in [0, 0.1) is 0 Å². The summed E-state index contributed by atoms with van der Waals surface area (Å²) in [5.74, 6) is -2.31. The van der Waals surface area contributed by atoms with Gasteiger partial charge in [-0.15, -0.1) is 0 Å². The van der Waals surface area contributed by atoms with E-state index in [1.807, 2.05) is 17.4 Å². The van der Waals surface area contributed by atoms with Crippen molar-refractivity contribution >= 4 is 29.1 Å². The summed E-state index contributed by atoms with van der Waals surface area (Å²) in [4.78, 5) is 23.0. The first kappa shape index (κ1) is 19.8. The number of carbonyl (C=O) groups excluding carboxylic acids is 2. The zero-order valence-corrected chi connectivity index (χ0v) is 14.3. The topological polar surface area (TPSA) is 58.2 Å². The second kappa shape index (κ2) is 8.71. The highest BCUT2D eigenvalue weighted by Gasteiger charge is 2.38. The van der Waals surface area contributed by atoms with Crippen LogP contribution in [0.2, 0.25) is 5.02 Å². The molecule has 2 N–H and O–H groups in total. The second-order valence-electron chi connectivity index (χ2n) is 5.51. The van der Waals surface area contributed by atoms with Gasteiger partial charge in [0.2, 0.25) is 5.91 Å². The summed E-state index contributed by atoms with van der Waals surface area (Å²) in [5.41, 5.74) is 1.33. The number of hydrogen-bond donors (Lipinski definition) is 2. The zero-order valence-electron chi connectivity index (χ0n) is 13.6. The van der Waals surface area contributed by atoms with Gasteiger partial charge in [-0.1, -0.05) is 41.9 Å². The molecule has 2 rings (SSSR count). The largest absolute Gasteiger partial charge is 0.471 e. The molecule has 0 bridgehead atoms. The molecule has 2 aromatic rings. The molecule has 0 fully saturated rings. The SMILES string of the molecule is O=C(CCc1ccc(Cl)cc1)NCc1ccccc1NC(=O)C(F)(F)F. The molecule has 0 saturated carbocycles.